The number of rotatable bonds is 4. The van der Waals surface area contributed by atoms with Gasteiger partial charge in [0.05, 0.1) is 0 Å². The van der Waals surface area contributed by atoms with Gasteiger partial charge in [-0.3, -0.25) is 0 Å². The van der Waals surface area contributed by atoms with Crippen LogP contribution in [0.4, 0.5) is 5.82 Å². The molecule has 1 rings (SSSR count). The van der Waals surface area contributed by atoms with Crippen LogP contribution in [0, 0.1) is 6.92 Å². The minimum Gasteiger partial charge on any atom is -0.373 e. The van der Waals surface area contributed by atoms with E-state index in [2.05, 4.69) is 15.3 Å². The Hall–Kier alpha value is -1.17. The molecule has 6 heteroatoms. The van der Waals surface area contributed by atoms with Crippen molar-refractivity contribution in [3.05, 3.63) is 17.1 Å². The molecule has 0 radical (unpaired) electrons. The molecule has 0 saturated carbocycles. The third kappa shape index (κ3) is 2.94. The molecule has 5 nitrogen and oxygen atoms in total. The van der Waals surface area contributed by atoms with E-state index < -0.39 is 15.1 Å². The second-order valence-corrected chi connectivity index (χ2v) is 6.44. The SMILES string of the molecule is CCc1c(C)nc(C(C)S(C)(=O)=O)nc1NC. The second kappa shape index (κ2) is 5.00. The Bertz CT molecular complexity index is 512. The first kappa shape index (κ1) is 13.9. The molecule has 0 aliphatic carbocycles. The summed E-state index contributed by atoms with van der Waals surface area (Å²) in [4.78, 5) is 8.58. The fourth-order valence-electron chi connectivity index (χ4n) is 1.62. The fourth-order valence-corrected chi connectivity index (χ4v) is 2.11. The number of nitrogens with zero attached hydrogens (tertiary/aromatic N) is 2. The molecule has 0 aromatic carbocycles. The van der Waals surface area contributed by atoms with Crippen LogP contribution in [-0.4, -0.2) is 31.7 Å². The van der Waals surface area contributed by atoms with Gasteiger partial charge in [0.15, 0.2) is 9.84 Å². The molecule has 17 heavy (non-hydrogen) atoms. The summed E-state index contributed by atoms with van der Waals surface area (Å²) in [6.07, 6.45) is 2.01. The molecule has 0 aliphatic rings. The highest BCUT2D eigenvalue weighted by atomic mass is 32.2. The first-order chi connectivity index (χ1) is 7.81. The van der Waals surface area contributed by atoms with Crippen molar-refractivity contribution in [3.8, 4) is 0 Å². The van der Waals surface area contributed by atoms with Gasteiger partial charge in [0.2, 0.25) is 0 Å². The summed E-state index contributed by atoms with van der Waals surface area (Å²) in [5.74, 6) is 1.07. The number of aryl methyl sites for hydroxylation is 1. The van der Waals surface area contributed by atoms with E-state index in [0.29, 0.717) is 11.6 Å². The highest BCUT2D eigenvalue weighted by Crippen LogP contribution is 2.23. The van der Waals surface area contributed by atoms with Crippen molar-refractivity contribution < 1.29 is 8.42 Å². The molecule has 0 aliphatic heterocycles. The van der Waals surface area contributed by atoms with Crippen molar-refractivity contribution in [2.24, 2.45) is 0 Å². The highest BCUT2D eigenvalue weighted by molar-refractivity contribution is 7.90. The largest absolute Gasteiger partial charge is 0.373 e. The van der Waals surface area contributed by atoms with Crippen LogP contribution in [0.3, 0.4) is 0 Å². The summed E-state index contributed by atoms with van der Waals surface area (Å²) in [6, 6.07) is 0. The summed E-state index contributed by atoms with van der Waals surface area (Å²) in [5, 5.41) is 2.31. The smallest absolute Gasteiger partial charge is 0.157 e. The third-order valence-corrected chi connectivity index (χ3v) is 4.32. The molecule has 0 fully saturated rings. The Morgan fingerprint density at radius 2 is 1.94 bits per heavy atom. The van der Waals surface area contributed by atoms with Crippen molar-refractivity contribution in [1.82, 2.24) is 9.97 Å². The van der Waals surface area contributed by atoms with Crippen molar-refractivity contribution in [2.45, 2.75) is 32.4 Å². The van der Waals surface area contributed by atoms with E-state index in [1.807, 2.05) is 13.8 Å². The van der Waals surface area contributed by atoms with Gasteiger partial charge >= 0.3 is 0 Å². The Morgan fingerprint density at radius 1 is 1.35 bits per heavy atom. The van der Waals surface area contributed by atoms with Gasteiger partial charge in [-0.05, 0) is 20.3 Å². The second-order valence-electron chi connectivity index (χ2n) is 4.07. The van der Waals surface area contributed by atoms with Gasteiger partial charge < -0.3 is 5.32 Å². The zero-order valence-electron chi connectivity index (χ0n) is 10.9. The molecule has 1 N–H and O–H groups in total. The van der Waals surface area contributed by atoms with Gasteiger partial charge in [0.1, 0.15) is 16.9 Å². The lowest BCUT2D eigenvalue weighted by Crippen LogP contribution is -2.14. The van der Waals surface area contributed by atoms with E-state index in [1.54, 1.807) is 14.0 Å². The molecule has 0 spiro atoms. The van der Waals surface area contributed by atoms with Gasteiger partial charge in [-0.25, -0.2) is 18.4 Å². The Kier molecular flexibility index (Phi) is 4.08. The quantitative estimate of drug-likeness (QED) is 0.885. The first-order valence-electron chi connectivity index (χ1n) is 5.55. The Morgan fingerprint density at radius 3 is 2.35 bits per heavy atom. The molecular formula is C11H19N3O2S. The predicted octanol–water partition coefficient (Wildman–Crippen LogP) is 1.49. The van der Waals surface area contributed by atoms with Crippen LogP contribution in [-0.2, 0) is 16.3 Å². The number of aromatic nitrogens is 2. The van der Waals surface area contributed by atoms with E-state index in [9.17, 15) is 8.42 Å². The number of nitrogens with one attached hydrogen (secondary N) is 1. The average Bonchev–Trinajstić information content (AvgIpc) is 2.25. The van der Waals surface area contributed by atoms with Crippen LogP contribution in [0.5, 0.6) is 0 Å². The summed E-state index contributed by atoms with van der Waals surface area (Å²) < 4.78 is 23.0. The zero-order valence-corrected chi connectivity index (χ0v) is 11.7. The maximum absolute atomic E-state index is 11.5. The minimum absolute atomic E-state index is 0.353. The molecule has 0 saturated heterocycles. The summed E-state index contributed by atoms with van der Waals surface area (Å²) in [7, 11) is -1.40. The molecule has 1 unspecified atom stereocenters. The molecule has 1 heterocycles. The normalized spacial score (nSPS) is 13.5. The highest BCUT2D eigenvalue weighted by Gasteiger charge is 2.22. The van der Waals surface area contributed by atoms with Crippen LogP contribution in [0.15, 0.2) is 0 Å². The standard InChI is InChI=1S/C11H19N3O2S/c1-6-9-7(2)13-10(14-11(9)12-4)8(3)17(5,15)16/h8H,6H2,1-5H3,(H,12,13,14). The van der Waals surface area contributed by atoms with Gasteiger partial charge in [-0.15, -0.1) is 0 Å². The molecular weight excluding hydrogens is 238 g/mol. The fraction of sp³-hybridized carbons (Fsp3) is 0.636. The van der Waals surface area contributed by atoms with Crippen LogP contribution in [0.2, 0.25) is 0 Å². The van der Waals surface area contributed by atoms with Crippen molar-refractivity contribution in [1.29, 1.82) is 0 Å². The van der Waals surface area contributed by atoms with E-state index in [0.717, 1.165) is 17.7 Å². The van der Waals surface area contributed by atoms with E-state index in [1.165, 1.54) is 6.26 Å². The molecule has 0 amide bonds. The average molecular weight is 257 g/mol. The number of hydrogen-bond acceptors (Lipinski definition) is 5. The van der Waals surface area contributed by atoms with E-state index >= 15 is 0 Å². The van der Waals surface area contributed by atoms with Crippen LogP contribution < -0.4 is 5.32 Å². The molecule has 0 bridgehead atoms. The Balaban J connectivity index is 3.34. The van der Waals surface area contributed by atoms with Crippen LogP contribution >= 0.6 is 0 Å². The maximum atomic E-state index is 11.5. The minimum atomic E-state index is -3.17. The van der Waals surface area contributed by atoms with Crippen molar-refractivity contribution in [3.63, 3.8) is 0 Å². The lowest BCUT2D eigenvalue weighted by Gasteiger charge is -2.14. The summed E-state index contributed by atoms with van der Waals surface area (Å²) >= 11 is 0. The Labute approximate surface area is 103 Å². The topological polar surface area (TPSA) is 72.0 Å². The number of sulfone groups is 1. The van der Waals surface area contributed by atoms with Gasteiger partial charge in [-0.2, -0.15) is 0 Å². The van der Waals surface area contributed by atoms with Gasteiger partial charge in [-0.1, -0.05) is 6.92 Å². The summed E-state index contributed by atoms with van der Waals surface area (Å²) in [6.45, 7) is 5.50. The maximum Gasteiger partial charge on any atom is 0.157 e. The molecule has 1 aromatic rings. The summed E-state index contributed by atoms with van der Waals surface area (Å²) in [5.41, 5.74) is 1.86. The molecule has 1 atom stereocenters. The van der Waals surface area contributed by atoms with E-state index in [4.69, 9.17) is 0 Å². The first-order valence-corrected chi connectivity index (χ1v) is 7.50. The third-order valence-electron chi connectivity index (χ3n) is 2.83. The predicted molar refractivity (Wildman–Crippen MR) is 69.0 cm³/mol. The van der Waals surface area contributed by atoms with E-state index in [-0.39, 0.29) is 0 Å². The van der Waals surface area contributed by atoms with Crippen LogP contribution in [0.1, 0.15) is 36.2 Å². The number of anilines is 1. The van der Waals surface area contributed by atoms with Gasteiger partial charge in [0.25, 0.3) is 0 Å². The van der Waals surface area contributed by atoms with Crippen LogP contribution in [0.25, 0.3) is 0 Å². The lowest BCUT2D eigenvalue weighted by atomic mass is 10.1. The monoisotopic (exact) mass is 257 g/mol. The zero-order chi connectivity index (χ0) is 13.2. The molecule has 96 valence electrons. The van der Waals surface area contributed by atoms with Gasteiger partial charge in [0, 0.05) is 24.6 Å². The number of hydrogen-bond donors (Lipinski definition) is 1. The lowest BCUT2D eigenvalue weighted by molar-refractivity contribution is 0.589. The molecule has 1 aromatic heterocycles. The van der Waals surface area contributed by atoms with Crippen molar-refractivity contribution in [2.75, 3.05) is 18.6 Å². The van der Waals surface area contributed by atoms with Crippen molar-refractivity contribution >= 4 is 15.7 Å².